The van der Waals surface area contributed by atoms with Crippen LogP contribution in [-0.4, -0.2) is 20.4 Å². The molecule has 0 spiro atoms. The SMILES string of the molecule is CCOCOc1cc(F)cc(CNC)c1. The Labute approximate surface area is 89.2 Å². The van der Waals surface area contributed by atoms with Crippen molar-refractivity contribution in [2.45, 2.75) is 13.5 Å². The van der Waals surface area contributed by atoms with E-state index in [1.165, 1.54) is 12.1 Å². The van der Waals surface area contributed by atoms with E-state index >= 15 is 0 Å². The maximum atomic E-state index is 13.1. The number of benzene rings is 1. The van der Waals surface area contributed by atoms with Crippen LogP contribution in [-0.2, 0) is 11.3 Å². The fourth-order valence-corrected chi connectivity index (χ4v) is 1.20. The van der Waals surface area contributed by atoms with E-state index < -0.39 is 0 Å². The van der Waals surface area contributed by atoms with Gasteiger partial charge < -0.3 is 14.8 Å². The first kappa shape index (κ1) is 11.9. The van der Waals surface area contributed by atoms with E-state index in [0.29, 0.717) is 18.9 Å². The van der Waals surface area contributed by atoms with Gasteiger partial charge in [-0.1, -0.05) is 0 Å². The molecular weight excluding hydrogens is 197 g/mol. The van der Waals surface area contributed by atoms with Gasteiger partial charge in [-0.2, -0.15) is 0 Å². The summed E-state index contributed by atoms with van der Waals surface area (Å²) >= 11 is 0. The van der Waals surface area contributed by atoms with Crippen molar-refractivity contribution in [1.82, 2.24) is 5.32 Å². The predicted octanol–water partition coefficient (Wildman–Crippen LogP) is 1.92. The van der Waals surface area contributed by atoms with Crippen LogP contribution in [0.15, 0.2) is 18.2 Å². The Hall–Kier alpha value is -1.13. The number of hydrogen-bond donors (Lipinski definition) is 1. The highest BCUT2D eigenvalue weighted by atomic mass is 19.1. The number of hydrogen-bond acceptors (Lipinski definition) is 3. The van der Waals surface area contributed by atoms with Gasteiger partial charge in [0.05, 0.1) is 0 Å². The van der Waals surface area contributed by atoms with Gasteiger partial charge in [0.15, 0.2) is 6.79 Å². The van der Waals surface area contributed by atoms with E-state index in [0.717, 1.165) is 5.56 Å². The zero-order chi connectivity index (χ0) is 11.1. The third-order valence-electron chi connectivity index (χ3n) is 1.83. The normalized spacial score (nSPS) is 10.3. The van der Waals surface area contributed by atoms with Crippen molar-refractivity contribution in [1.29, 1.82) is 0 Å². The van der Waals surface area contributed by atoms with E-state index in [1.54, 1.807) is 6.07 Å². The summed E-state index contributed by atoms with van der Waals surface area (Å²) in [5.41, 5.74) is 0.851. The lowest BCUT2D eigenvalue weighted by molar-refractivity contribution is 0.0222. The van der Waals surface area contributed by atoms with Gasteiger partial charge >= 0.3 is 0 Å². The smallest absolute Gasteiger partial charge is 0.189 e. The van der Waals surface area contributed by atoms with Crippen molar-refractivity contribution < 1.29 is 13.9 Å². The Morgan fingerprint density at radius 3 is 2.80 bits per heavy atom. The van der Waals surface area contributed by atoms with E-state index in [-0.39, 0.29) is 12.6 Å². The molecule has 0 fully saturated rings. The lowest BCUT2D eigenvalue weighted by Gasteiger charge is -2.08. The molecule has 0 saturated carbocycles. The maximum Gasteiger partial charge on any atom is 0.189 e. The lowest BCUT2D eigenvalue weighted by atomic mass is 10.2. The Morgan fingerprint density at radius 2 is 2.13 bits per heavy atom. The molecule has 1 aromatic carbocycles. The molecule has 84 valence electrons. The van der Waals surface area contributed by atoms with Crippen LogP contribution in [0.2, 0.25) is 0 Å². The molecule has 0 radical (unpaired) electrons. The molecule has 0 aliphatic carbocycles. The van der Waals surface area contributed by atoms with Crippen molar-refractivity contribution in [3.63, 3.8) is 0 Å². The van der Waals surface area contributed by atoms with Crippen LogP contribution in [0.25, 0.3) is 0 Å². The minimum absolute atomic E-state index is 0.152. The maximum absolute atomic E-state index is 13.1. The van der Waals surface area contributed by atoms with Crippen LogP contribution >= 0.6 is 0 Å². The lowest BCUT2D eigenvalue weighted by Crippen LogP contribution is -2.07. The van der Waals surface area contributed by atoms with Crippen LogP contribution in [0.4, 0.5) is 4.39 Å². The zero-order valence-corrected chi connectivity index (χ0v) is 9.05. The first-order valence-electron chi connectivity index (χ1n) is 4.91. The van der Waals surface area contributed by atoms with Gasteiger partial charge in [0, 0.05) is 19.2 Å². The second-order valence-electron chi connectivity index (χ2n) is 3.08. The van der Waals surface area contributed by atoms with Crippen molar-refractivity contribution in [3.8, 4) is 5.75 Å². The van der Waals surface area contributed by atoms with E-state index in [2.05, 4.69) is 5.32 Å². The molecule has 3 nitrogen and oxygen atoms in total. The van der Waals surface area contributed by atoms with Crippen LogP contribution in [0.5, 0.6) is 5.75 Å². The Bertz CT molecular complexity index is 305. The molecule has 0 bridgehead atoms. The molecule has 0 aliphatic heterocycles. The topological polar surface area (TPSA) is 30.5 Å². The van der Waals surface area contributed by atoms with Gasteiger partial charge in [-0.15, -0.1) is 0 Å². The van der Waals surface area contributed by atoms with Crippen LogP contribution in [0.3, 0.4) is 0 Å². The number of nitrogens with one attached hydrogen (secondary N) is 1. The largest absolute Gasteiger partial charge is 0.467 e. The van der Waals surface area contributed by atoms with Gasteiger partial charge in [0.1, 0.15) is 11.6 Å². The summed E-state index contributed by atoms with van der Waals surface area (Å²) in [6, 6.07) is 4.61. The molecule has 15 heavy (non-hydrogen) atoms. The summed E-state index contributed by atoms with van der Waals surface area (Å²) in [6.07, 6.45) is 0. The molecule has 1 rings (SSSR count). The molecule has 0 aromatic heterocycles. The average Bonchev–Trinajstić information content (AvgIpc) is 2.18. The monoisotopic (exact) mass is 213 g/mol. The molecule has 0 unspecified atom stereocenters. The first-order chi connectivity index (χ1) is 7.26. The average molecular weight is 213 g/mol. The Morgan fingerprint density at radius 1 is 1.33 bits per heavy atom. The number of halogens is 1. The molecule has 0 heterocycles. The second-order valence-corrected chi connectivity index (χ2v) is 3.08. The highest BCUT2D eigenvalue weighted by Gasteiger charge is 2.01. The predicted molar refractivity (Wildman–Crippen MR) is 56.3 cm³/mol. The van der Waals surface area contributed by atoms with E-state index in [1.807, 2.05) is 14.0 Å². The fourth-order valence-electron chi connectivity index (χ4n) is 1.20. The summed E-state index contributed by atoms with van der Waals surface area (Å²) < 4.78 is 23.4. The van der Waals surface area contributed by atoms with Gasteiger partial charge in [0.25, 0.3) is 0 Å². The summed E-state index contributed by atoms with van der Waals surface area (Å²) in [5, 5.41) is 2.95. The van der Waals surface area contributed by atoms with Gasteiger partial charge in [-0.3, -0.25) is 0 Å². The standard InChI is InChI=1S/C11H16FNO2/c1-3-14-8-15-11-5-9(7-13-2)4-10(12)6-11/h4-6,13H,3,7-8H2,1-2H3. The van der Waals surface area contributed by atoms with E-state index in [4.69, 9.17) is 9.47 Å². The van der Waals surface area contributed by atoms with Crippen LogP contribution < -0.4 is 10.1 Å². The number of rotatable bonds is 6. The summed E-state index contributed by atoms with van der Waals surface area (Å²) in [5.74, 6) is 0.197. The highest BCUT2D eigenvalue weighted by Crippen LogP contribution is 2.16. The Kier molecular flexibility index (Phi) is 5.07. The van der Waals surface area contributed by atoms with Gasteiger partial charge in [-0.05, 0) is 31.7 Å². The van der Waals surface area contributed by atoms with Crippen molar-refractivity contribution >= 4 is 0 Å². The van der Waals surface area contributed by atoms with Crippen LogP contribution in [0, 0.1) is 5.82 Å². The summed E-state index contributed by atoms with van der Waals surface area (Å²) in [7, 11) is 1.81. The minimum Gasteiger partial charge on any atom is -0.467 e. The second kappa shape index (κ2) is 6.37. The van der Waals surface area contributed by atoms with Gasteiger partial charge in [-0.25, -0.2) is 4.39 Å². The third kappa shape index (κ3) is 4.27. The Balaban J connectivity index is 2.62. The number of ether oxygens (including phenoxy) is 2. The molecule has 4 heteroatoms. The molecular formula is C11H16FNO2. The summed E-state index contributed by atoms with van der Waals surface area (Å²) in [6.45, 7) is 3.22. The van der Waals surface area contributed by atoms with Crippen molar-refractivity contribution in [3.05, 3.63) is 29.6 Å². The zero-order valence-electron chi connectivity index (χ0n) is 9.05. The highest BCUT2D eigenvalue weighted by molar-refractivity contribution is 5.29. The fraction of sp³-hybridized carbons (Fsp3) is 0.455. The molecule has 0 amide bonds. The van der Waals surface area contributed by atoms with Crippen molar-refractivity contribution in [2.75, 3.05) is 20.4 Å². The first-order valence-corrected chi connectivity index (χ1v) is 4.91. The van der Waals surface area contributed by atoms with Crippen LogP contribution in [0.1, 0.15) is 12.5 Å². The molecule has 1 aromatic rings. The quantitative estimate of drug-likeness (QED) is 0.578. The minimum atomic E-state index is -0.297. The summed E-state index contributed by atoms with van der Waals surface area (Å²) in [4.78, 5) is 0. The van der Waals surface area contributed by atoms with Crippen molar-refractivity contribution in [2.24, 2.45) is 0 Å². The molecule has 0 saturated heterocycles. The van der Waals surface area contributed by atoms with E-state index in [9.17, 15) is 4.39 Å². The molecule has 0 aliphatic rings. The molecule has 1 N–H and O–H groups in total. The molecule has 0 atom stereocenters. The van der Waals surface area contributed by atoms with Gasteiger partial charge in [0.2, 0.25) is 0 Å². The third-order valence-corrected chi connectivity index (χ3v) is 1.83.